The molecule has 0 unspecified atom stereocenters. The first-order chi connectivity index (χ1) is 14.0. The molecule has 0 aliphatic heterocycles. The molecule has 0 atom stereocenters. The van der Waals surface area contributed by atoms with Gasteiger partial charge in [-0.2, -0.15) is 0 Å². The summed E-state index contributed by atoms with van der Waals surface area (Å²) in [5, 5.41) is 0. The Hall–Kier alpha value is -1.59. The predicted octanol–water partition coefficient (Wildman–Crippen LogP) is 5.51. The summed E-state index contributed by atoms with van der Waals surface area (Å²) in [5.74, 6) is -0.959. The van der Waals surface area contributed by atoms with Crippen molar-refractivity contribution in [1.29, 1.82) is 0 Å². The van der Waals surface area contributed by atoms with Crippen LogP contribution in [0.3, 0.4) is 0 Å². The Labute approximate surface area is 177 Å². The lowest BCUT2D eigenvalue weighted by Gasteiger charge is -2.18. The van der Waals surface area contributed by atoms with E-state index >= 15 is 0 Å². The first-order valence-corrected chi connectivity index (χ1v) is 11.5. The third-order valence-corrected chi connectivity index (χ3v) is 4.61. The molecule has 0 spiro atoms. The lowest BCUT2D eigenvalue weighted by molar-refractivity contribution is -0.167. The third kappa shape index (κ3) is 18.2. The molecule has 0 radical (unpaired) electrons. The van der Waals surface area contributed by atoms with Gasteiger partial charge in [0, 0.05) is 19.3 Å². The Kier molecular flexibility index (Phi) is 18.6. The average Bonchev–Trinajstić information content (AvgIpc) is 2.70. The summed E-state index contributed by atoms with van der Waals surface area (Å²) < 4.78 is 15.9. The maximum Gasteiger partial charge on any atom is 0.306 e. The lowest BCUT2D eigenvalue weighted by Crippen LogP contribution is -2.30. The van der Waals surface area contributed by atoms with Gasteiger partial charge in [0.05, 0.1) is 0 Å². The van der Waals surface area contributed by atoms with Crippen molar-refractivity contribution in [2.45, 2.75) is 117 Å². The molecule has 0 heterocycles. The highest BCUT2D eigenvalue weighted by molar-refractivity contribution is 5.71. The van der Waals surface area contributed by atoms with Crippen molar-refractivity contribution < 1.29 is 28.6 Å². The summed E-state index contributed by atoms with van der Waals surface area (Å²) in [5.41, 5.74) is 0. The highest BCUT2D eigenvalue weighted by atomic mass is 16.6. The van der Waals surface area contributed by atoms with E-state index in [1.165, 1.54) is 0 Å². The van der Waals surface area contributed by atoms with Gasteiger partial charge >= 0.3 is 17.9 Å². The van der Waals surface area contributed by atoms with Gasteiger partial charge < -0.3 is 14.2 Å². The summed E-state index contributed by atoms with van der Waals surface area (Å²) in [6, 6.07) is 0. The molecule has 0 aromatic rings. The minimum atomic E-state index is -0.747. The van der Waals surface area contributed by atoms with Crippen LogP contribution in [-0.4, -0.2) is 37.2 Å². The van der Waals surface area contributed by atoms with Crippen LogP contribution in [0.2, 0.25) is 0 Å². The van der Waals surface area contributed by atoms with E-state index in [0.717, 1.165) is 70.6 Å². The molecular formula is C23H42O6. The fourth-order valence-electron chi connectivity index (χ4n) is 2.79. The van der Waals surface area contributed by atoms with Crippen molar-refractivity contribution >= 4 is 17.9 Å². The predicted molar refractivity (Wildman–Crippen MR) is 113 cm³/mol. The SMILES string of the molecule is CCCCCCC(=O)OCC(COC(=O)CCCCCC)OC(=O)CCCCC. The molecule has 29 heavy (non-hydrogen) atoms. The van der Waals surface area contributed by atoms with Crippen LogP contribution in [0.5, 0.6) is 0 Å². The number of esters is 3. The molecule has 0 aromatic heterocycles. The largest absolute Gasteiger partial charge is 0.462 e. The van der Waals surface area contributed by atoms with Crippen LogP contribution in [0.4, 0.5) is 0 Å². The zero-order valence-electron chi connectivity index (χ0n) is 18.8. The maximum absolute atomic E-state index is 12.0. The van der Waals surface area contributed by atoms with E-state index < -0.39 is 6.10 Å². The highest BCUT2D eigenvalue weighted by Crippen LogP contribution is 2.08. The molecule has 0 fully saturated rings. The van der Waals surface area contributed by atoms with Gasteiger partial charge in [-0.1, -0.05) is 72.1 Å². The second-order valence-corrected chi connectivity index (χ2v) is 7.56. The van der Waals surface area contributed by atoms with Crippen LogP contribution >= 0.6 is 0 Å². The fourth-order valence-corrected chi connectivity index (χ4v) is 2.79. The minimum Gasteiger partial charge on any atom is -0.462 e. The van der Waals surface area contributed by atoms with Crippen LogP contribution < -0.4 is 0 Å². The molecule has 0 saturated carbocycles. The standard InChI is InChI=1S/C23H42O6/c1-4-7-10-13-15-21(24)27-18-20(29-23(26)17-12-9-6-3)19-28-22(25)16-14-11-8-5-2/h20H,4-19H2,1-3H3. The van der Waals surface area contributed by atoms with Gasteiger partial charge in [0.1, 0.15) is 13.2 Å². The Morgan fingerprint density at radius 3 is 1.38 bits per heavy atom. The number of hydrogen-bond donors (Lipinski definition) is 0. The number of ether oxygens (including phenoxy) is 3. The van der Waals surface area contributed by atoms with Gasteiger partial charge in [0.2, 0.25) is 0 Å². The summed E-state index contributed by atoms with van der Waals surface area (Å²) in [6.45, 7) is 6.14. The average molecular weight is 415 g/mol. The monoisotopic (exact) mass is 414 g/mol. The van der Waals surface area contributed by atoms with Crippen LogP contribution in [-0.2, 0) is 28.6 Å². The first-order valence-electron chi connectivity index (χ1n) is 11.5. The van der Waals surface area contributed by atoms with E-state index in [2.05, 4.69) is 20.8 Å². The van der Waals surface area contributed by atoms with E-state index in [-0.39, 0.29) is 31.1 Å². The molecule has 170 valence electrons. The number of unbranched alkanes of at least 4 members (excludes halogenated alkanes) is 8. The van der Waals surface area contributed by atoms with E-state index in [4.69, 9.17) is 14.2 Å². The van der Waals surface area contributed by atoms with E-state index in [1.807, 2.05) is 0 Å². The molecule has 0 saturated heterocycles. The fraction of sp³-hybridized carbons (Fsp3) is 0.870. The minimum absolute atomic E-state index is 0.0742. The smallest absolute Gasteiger partial charge is 0.306 e. The molecule has 6 heteroatoms. The molecule has 0 N–H and O–H groups in total. The molecule has 0 bridgehead atoms. The van der Waals surface area contributed by atoms with Crippen LogP contribution in [0.1, 0.15) is 111 Å². The molecule has 6 nitrogen and oxygen atoms in total. The Morgan fingerprint density at radius 1 is 0.552 bits per heavy atom. The molecular weight excluding hydrogens is 372 g/mol. The van der Waals surface area contributed by atoms with Gasteiger partial charge in [0.15, 0.2) is 6.10 Å². The van der Waals surface area contributed by atoms with Crippen molar-refractivity contribution in [2.24, 2.45) is 0 Å². The van der Waals surface area contributed by atoms with E-state index in [0.29, 0.717) is 19.3 Å². The summed E-state index contributed by atoms with van der Waals surface area (Å²) in [6.07, 6.45) is 11.0. The number of carbonyl (C=O) groups is 3. The molecule has 0 aromatic carbocycles. The number of rotatable bonds is 19. The van der Waals surface area contributed by atoms with Crippen LogP contribution in [0, 0.1) is 0 Å². The quantitative estimate of drug-likeness (QED) is 0.158. The zero-order chi connectivity index (χ0) is 21.7. The summed E-state index contributed by atoms with van der Waals surface area (Å²) in [7, 11) is 0. The summed E-state index contributed by atoms with van der Waals surface area (Å²) >= 11 is 0. The molecule has 0 aliphatic carbocycles. The Morgan fingerprint density at radius 2 is 0.931 bits per heavy atom. The van der Waals surface area contributed by atoms with Crippen molar-refractivity contribution in [1.82, 2.24) is 0 Å². The van der Waals surface area contributed by atoms with Crippen molar-refractivity contribution in [3.05, 3.63) is 0 Å². The Balaban J connectivity index is 4.35. The van der Waals surface area contributed by atoms with Gasteiger partial charge in [-0.25, -0.2) is 0 Å². The lowest BCUT2D eigenvalue weighted by atomic mass is 10.1. The number of hydrogen-bond acceptors (Lipinski definition) is 6. The van der Waals surface area contributed by atoms with Crippen molar-refractivity contribution in [3.8, 4) is 0 Å². The third-order valence-electron chi connectivity index (χ3n) is 4.61. The van der Waals surface area contributed by atoms with Crippen LogP contribution in [0.15, 0.2) is 0 Å². The van der Waals surface area contributed by atoms with Gasteiger partial charge in [0.25, 0.3) is 0 Å². The zero-order valence-corrected chi connectivity index (χ0v) is 18.8. The second kappa shape index (κ2) is 19.7. The first kappa shape index (κ1) is 27.4. The molecule has 0 amide bonds. The van der Waals surface area contributed by atoms with Gasteiger partial charge in [-0.15, -0.1) is 0 Å². The van der Waals surface area contributed by atoms with E-state index in [9.17, 15) is 14.4 Å². The highest BCUT2D eigenvalue weighted by Gasteiger charge is 2.19. The normalized spacial score (nSPS) is 10.8. The second-order valence-electron chi connectivity index (χ2n) is 7.56. The topological polar surface area (TPSA) is 78.9 Å². The Bertz CT molecular complexity index is 407. The van der Waals surface area contributed by atoms with Crippen molar-refractivity contribution in [3.63, 3.8) is 0 Å². The molecule has 0 aliphatic rings. The van der Waals surface area contributed by atoms with Crippen LogP contribution in [0.25, 0.3) is 0 Å². The maximum atomic E-state index is 12.0. The van der Waals surface area contributed by atoms with Gasteiger partial charge in [-0.05, 0) is 19.3 Å². The van der Waals surface area contributed by atoms with Gasteiger partial charge in [-0.3, -0.25) is 14.4 Å². The van der Waals surface area contributed by atoms with E-state index in [1.54, 1.807) is 0 Å². The van der Waals surface area contributed by atoms with Crippen molar-refractivity contribution in [2.75, 3.05) is 13.2 Å². The summed E-state index contributed by atoms with van der Waals surface area (Å²) in [4.78, 5) is 35.8. The number of carbonyl (C=O) groups excluding carboxylic acids is 3. The molecule has 0 rings (SSSR count).